The molecule has 2 heteroatoms. The molecule has 0 saturated heterocycles. The zero-order chi connectivity index (χ0) is 18.5. The highest BCUT2D eigenvalue weighted by molar-refractivity contribution is 7.08. The number of hydrogen-bond acceptors (Lipinski definition) is 2. The number of rotatable bonds is 5. The average molecular weight is 368 g/mol. The predicted octanol–water partition coefficient (Wildman–Crippen LogP) is 7.70. The fourth-order valence-corrected chi connectivity index (χ4v) is 3.88. The van der Waals surface area contributed by atoms with Gasteiger partial charge in [0.15, 0.2) is 0 Å². The van der Waals surface area contributed by atoms with Gasteiger partial charge in [0.1, 0.15) is 0 Å². The molecule has 0 unspecified atom stereocenters. The lowest BCUT2D eigenvalue weighted by Gasteiger charge is -2.25. The van der Waals surface area contributed by atoms with E-state index in [1.165, 1.54) is 16.7 Å². The molecular weight excluding hydrogens is 346 g/mol. The maximum Gasteiger partial charge on any atom is 0.0462 e. The summed E-state index contributed by atoms with van der Waals surface area (Å²) in [5, 5.41) is 4.37. The van der Waals surface area contributed by atoms with Crippen molar-refractivity contribution in [3.8, 4) is 0 Å². The summed E-state index contributed by atoms with van der Waals surface area (Å²) in [6.45, 7) is 2.15. The van der Waals surface area contributed by atoms with Gasteiger partial charge in [-0.1, -0.05) is 60.7 Å². The normalized spacial score (nSPS) is 11.0. The molecule has 132 valence electrons. The van der Waals surface area contributed by atoms with Gasteiger partial charge in [-0.05, 0) is 70.8 Å². The van der Waals surface area contributed by atoms with Gasteiger partial charge in [-0.2, -0.15) is 11.3 Å². The van der Waals surface area contributed by atoms with Gasteiger partial charge < -0.3 is 4.90 Å². The van der Waals surface area contributed by atoms with Crippen LogP contribution in [0.5, 0.6) is 0 Å². The molecule has 0 aliphatic rings. The minimum absolute atomic E-state index is 1.15. The molecule has 27 heavy (non-hydrogen) atoms. The Bertz CT molecular complexity index is 975. The third kappa shape index (κ3) is 4.02. The largest absolute Gasteiger partial charge is 0.311 e. The SMILES string of the molecule is Cc1cscc1C=Cc1ccc(N(c2ccccc2)c2ccccc2)cc1. The van der Waals surface area contributed by atoms with Crippen molar-refractivity contribution in [2.75, 3.05) is 4.90 Å². The van der Waals surface area contributed by atoms with Crippen LogP contribution < -0.4 is 4.90 Å². The molecule has 4 rings (SSSR count). The summed E-state index contributed by atoms with van der Waals surface area (Å²) >= 11 is 1.75. The van der Waals surface area contributed by atoms with E-state index in [2.05, 4.69) is 108 Å². The van der Waals surface area contributed by atoms with Gasteiger partial charge in [0.2, 0.25) is 0 Å². The van der Waals surface area contributed by atoms with Crippen molar-refractivity contribution in [1.82, 2.24) is 0 Å². The molecule has 1 heterocycles. The van der Waals surface area contributed by atoms with Crippen LogP contribution in [-0.4, -0.2) is 0 Å². The second-order valence-electron chi connectivity index (χ2n) is 6.44. The number of thiophene rings is 1. The minimum Gasteiger partial charge on any atom is -0.311 e. The fourth-order valence-electron chi connectivity index (χ4n) is 3.06. The molecule has 0 aliphatic heterocycles. The summed E-state index contributed by atoms with van der Waals surface area (Å²) in [5.41, 5.74) is 7.27. The standard InChI is InChI=1S/C25H21NS/c1-20-18-27-19-22(20)15-12-21-13-16-25(17-14-21)26(23-8-4-2-5-9-23)24-10-6-3-7-11-24/h2-19H,1H3. The highest BCUT2D eigenvalue weighted by Crippen LogP contribution is 2.34. The van der Waals surface area contributed by atoms with Crippen molar-refractivity contribution in [1.29, 1.82) is 0 Å². The van der Waals surface area contributed by atoms with Crippen LogP contribution in [0.1, 0.15) is 16.7 Å². The Hall–Kier alpha value is -3.10. The van der Waals surface area contributed by atoms with Crippen LogP contribution in [0.4, 0.5) is 17.1 Å². The van der Waals surface area contributed by atoms with Crippen LogP contribution in [0.2, 0.25) is 0 Å². The molecule has 0 N–H and O–H groups in total. The zero-order valence-corrected chi connectivity index (χ0v) is 16.1. The van der Waals surface area contributed by atoms with Crippen molar-refractivity contribution in [3.05, 3.63) is 112 Å². The number of benzene rings is 3. The van der Waals surface area contributed by atoms with E-state index in [-0.39, 0.29) is 0 Å². The van der Waals surface area contributed by atoms with Gasteiger partial charge in [-0.25, -0.2) is 0 Å². The fraction of sp³-hybridized carbons (Fsp3) is 0.0400. The molecule has 1 nitrogen and oxygen atoms in total. The third-order valence-corrected chi connectivity index (χ3v) is 5.41. The van der Waals surface area contributed by atoms with Gasteiger partial charge in [-0.3, -0.25) is 0 Å². The highest BCUT2D eigenvalue weighted by atomic mass is 32.1. The maximum atomic E-state index is 2.27. The molecular formula is C25H21NS. The van der Waals surface area contributed by atoms with Gasteiger partial charge in [0.25, 0.3) is 0 Å². The second kappa shape index (κ2) is 8.07. The molecule has 4 aromatic rings. The number of aryl methyl sites for hydroxylation is 1. The zero-order valence-electron chi connectivity index (χ0n) is 15.2. The minimum atomic E-state index is 1.15. The Morgan fingerprint density at radius 3 is 1.70 bits per heavy atom. The smallest absolute Gasteiger partial charge is 0.0462 e. The van der Waals surface area contributed by atoms with Gasteiger partial charge in [-0.15, -0.1) is 0 Å². The number of nitrogens with zero attached hydrogens (tertiary/aromatic N) is 1. The molecule has 0 aliphatic carbocycles. The number of hydrogen-bond donors (Lipinski definition) is 0. The monoisotopic (exact) mass is 367 g/mol. The Balaban J connectivity index is 1.65. The predicted molar refractivity (Wildman–Crippen MR) is 119 cm³/mol. The first-order chi connectivity index (χ1) is 13.3. The molecule has 0 atom stereocenters. The topological polar surface area (TPSA) is 3.24 Å². The lowest BCUT2D eigenvalue weighted by atomic mass is 10.1. The summed E-state index contributed by atoms with van der Waals surface area (Å²) in [5.74, 6) is 0. The highest BCUT2D eigenvalue weighted by Gasteiger charge is 2.11. The van der Waals surface area contributed by atoms with Crippen molar-refractivity contribution >= 4 is 40.6 Å². The third-order valence-electron chi connectivity index (χ3n) is 4.53. The maximum absolute atomic E-state index is 2.27. The molecule has 0 radical (unpaired) electrons. The van der Waals surface area contributed by atoms with Crippen LogP contribution >= 0.6 is 11.3 Å². The molecule has 0 amide bonds. The van der Waals surface area contributed by atoms with E-state index in [0.29, 0.717) is 0 Å². The summed E-state index contributed by atoms with van der Waals surface area (Å²) in [6.07, 6.45) is 4.36. The van der Waals surface area contributed by atoms with Gasteiger partial charge >= 0.3 is 0 Å². The van der Waals surface area contributed by atoms with Crippen LogP contribution in [-0.2, 0) is 0 Å². The Morgan fingerprint density at radius 2 is 1.19 bits per heavy atom. The van der Waals surface area contributed by atoms with E-state index in [4.69, 9.17) is 0 Å². The van der Waals surface area contributed by atoms with Crippen molar-refractivity contribution in [2.45, 2.75) is 6.92 Å². The first-order valence-corrected chi connectivity index (χ1v) is 9.97. The van der Waals surface area contributed by atoms with E-state index in [1.807, 2.05) is 12.1 Å². The van der Waals surface area contributed by atoms with E-state index < -0.39 is 0 Å². The molecule has 0 bridgehead atoms. The molecule has 3 aromatic carbocycles. The van der Waals surface area contributed by atoms with Crippen LogP contribution in [0, 0.1) is 6.92 Å². The van der Waals surface area contributed by atoms with E-state index in [9.17, 15) is 0 Å². The first kappa shape index (κ1) is 17.3. The van der Waals surface area contributed by atoms with Crippen molar-refractivity contribution in [3.63, 3.8) is 0 Å². The lowest BCUT2D eigenvalue weighted by molar-refractivity contribution is 1.28. The van der Waals surface area contributed by atoms with E-state index >= 15 is 0 Å². The lowest BCUT2D eigenvalue weighted by Crippen LogP contribution is -2.09. The molecule has 0 fully saturated rings. The van der Waals surface area contributed by atoms with Crippen molar-refractivity contribution < 1.29 is 0 Å². The van der Waals surface area contributed by atoms with E-state index in [1.54, 1.807) is 11.3 Å². The van der Waals surface area contributed by atoms with Gasteiger partial charge in [0.05, 0.1) is 0 Å². The average Bonchev–Trinajstić information content (AvgIpc) is 3.14. The first-order valence-electron chi connectivity index (χ1n) is 9.02. The van der Waals surface area contributed by atoms with Crippen molar-refractivity contribution in [2.24, 2.45) is 0 Å². The Kier molecular flexibility index (Phi) is 5.17. The Labute approximate surface area is 164 Å². The summed E-state index contributed by atoms with van der Waals surface area (Å²) in [7, 11) is 0. The molecule has 0 saturated carbocycles. The number of anilines is 3. The second-order valence-corrected chi connectivity index (χ2v) is 7.19. The van der Waals surface area contributed by atoms with Crippen LogP contribution in [0.15, 0.2) is 95.7 Å². The molecule has 0 spiro atoms. The van der Waals surface area contributed by atoms with E-state index in [0.717, 1.165) is 17.1 Å². The van der Waals surface area contributed by atoms with Crippen LogP contribution in [0.25, 0.3) is 12.2 Å². The quantitative estimate of drug-likeness (QED) is 0.349. The Morgan fingerprint density at radius 1 is 0.630 bits per heavy atom. The van der Waals surface area contributed by atoms with Crippen LogP contribution in [0.3, 0.4) is 0 Å². The summed E-state index contributed by atoms with van der Waals surface area (Å²) in [4.78, 5) is 2.27. The number of para-hydroxylation sites is 2. The summed E-state index contributed by atoms with van der Waals surface area (Å²) < 4.78 is 0. The molecule has 1 aromatic heterocycles. The van der Waals surface area contributed by atoms with Gasteiger partial charge in [0, 0.05) is 17.1 Å². The summed E-state index contributed by atoms with van der Waals surface area (Å²) in [6, 6.07) is 29.7.